The van der Waals surface area contributed by atoms with Crippen LogP contribution >= 0.6 is 0 Å². The maximum Gasteiger partial charge on any atom is 0.414 e. The van der Waals surface area contributed by atoms with E-state index >= 15 is 0 Å². The van der Waals surface area contributed by atoms with E-state index in [0.29, 0.717) is 24.9 Å². The van der Waals surface area contributed by atoms with Gasteiger partial charge in [-0.25, -0.2) is 4.79 Å². The van der Waals surface area contributed by atoms with Crippen molar-refractivity contribution >= 4 is 11.8 Å². The molecule has 24 heavy (non-hydrogen) atoms. The Bertz CT molecular complexity index is 715. The fraction of sp³-hybridized carbons (Fsp3) is 0.471. The molecule has 1 fully saturated rings. The molecule has 1 amide bonds. The van der Waals surface area contributed by atoms with E-state index in [2.05, 4.69) is 22.4 Å². The van der Waals surface area contributed by atoms with Crippen LogP contribution < -0.4 is 10.2 Å². The number of carbonyl (C=O) groups is 1. The third-order valence-electron chi connectivity index (χ3n) is 4.11. The van der Waals surface area contributed by atoms with Gasteiger partial charge in [0.05, 0.1) is 12.6 Å². The molecule has 1 aromatic carbocycles. The lowest BCUT2D eigenvalue weighted by atomic mass is 10.1. The number of hydrogen-bond donors (Lipinski definition) is 1. The molecule has 1 aliphatic heterocycles. The van der Waals surface area contributed by atoms with Crippen molar-refractivity contribution in [3.63, 3.8) is 0 Å². The lowest BCUT2D eigenvalue weighted by Gasteiger charge is -2.20. The van der Waals surface area contributed by atoms with E-state index in [1.165, 1.54) is 0 Å². The number of hydrogen-bond acceptors (Lipinski definition) is 6. The number of anilines is 1. The van der Waals surface area contributed by atoms with Crippen LogP contribution in [0.15, 0.2) is 28.8 Å². The second-order valence-electron chi connectivity index (χ2n) is 5.87. The molecule has 7 nitrogen and oxygen atoms in total. The van der Waals surface area contributed by atoms with Crippen molar-refractivity contribution in [1.29, 1.82) is 0 Å². The maximum atomic E-state index is 11.7. The van der Waals surface area contributed by atoms with Gasteiger partial charge in [-0.1, -0.05) is 24.2 Å². The quantitative estimate of drug-likeness (QED) is 0.877. The van der Waals surface area contributed by atoms with Crippen molar-refractivity contribution < 1.29 is 14.1 Å². The van der Waals surface area contributed by atoms with Crippen LogP contribution in [0.3, 0.4) is 0 Å². The summed E-state index contributed by atoms with van der Waals surface area (Å²) in [6.45, 7) is 7.07. The first kappa shape index (κ1) is 16.4. The zero-order valence-corrected chi connectivity index (χ0v) is 14.2. The molecule has 0 spiro atoms. The van der Waals surface area contributed by atoms with E-state index in [9.17, 15) is 4.79 Å². The predicted octanol–water partition coefficient (Wildman–Crippen LogP) is 3.00. The smallest absolute Gasteiger partial charge is 0.414 e. The van der Waals surface area contributed by atoms with Crippen LogP contribution in [-0.4, -0.2) is 29.4 Å². The lowest BCUT2D eigenvalue weighted by molar-refractivity contribution is 0.181. The summed E-state index contributed by atoms with van der Waals surface area (Å²) in [5.74, 6) is 1.29. The van der Waals surface area contributed by atoms with Crippen molar-refractivity contribution in [3.8, 4) is 0 Å². The van der Waals surface area contributed by atoms with Crippen LogP contribution in [-0.2, 0) is 11.2 Å². The molecule has 7 heteroatoms. The fourth-order valence-electron chi connectivity index (χ4n) is 2.72. The van der Waals surface area contributed by atoms with Crippen LogP contribution in [0.1, 0.15) is 50.1 Å². The molecular formula is C17H22N4O3. The average molecular weight is 330 g/mol. The van der Waals surface area contributed by atoms with Crippen LogP contribution in [0.5, 0.6) is 0 Å². The molecular weight excluding hydrogens is 308 g/mol. The summed E-state index contributed by atoms with van der Waals surface area (Å²) in [5, 5.41) is 7.37. The molecule has 1 saturated heterocycles. The molecule has 1 aliphatic rings. The largest absolute Gasteiger partial charge is 0.447 e. The SMILES string of the molecule is CCc1noc([C@H](C)N[C@@H](C)c2cccc(N3CCOC3=O)c2)n1. The highest BCUT2D eigenvalue weighted by Gasteiger charge is 2.24. The normalized spacial score (nSPS) is 17.0. The molecule has 1 aromatic heterocycles. The maximum absolute atomic E-state index is 11.7. The standard InChI is InChI=1S/C17H22N4O3/c1-4-15-19-16(24-20-15)12(3)18-11(2)13-6-5-7-14(10-13)21-8-9-23-17(21)22/h5-7,10-12,18H,4,8-9H2,1-3H3/t11-,12-/m0/s1. The predicted molar refractivity (Wildman–Crippen MR) is 88.8 cm³/mol. The first-order chi connectivity index (χ1) is 11.6. The number of ether oxygens (including phenoxy) is 1. The van der Waals surface area contributed by atoms with E-state index in [0.717, 1.165) is 17.7 Å². The average Bonchev–Trinajstić information content (AvgIpc) is 3.23. The Morgan fingerprint density at radius 1 is 1.33 bits per heavy atom. The van der Waals surface area contributed by atoms with Gasteiger partial charge in [0.25, 0.3) is 0 Å². The first-order valence-electron chi connectivity index (χ1n) is 8.21. The summed E-state index contributed by atoms with van der Waals surface area (Å²) in [6.07, 6.45) is 0.457. The Morgan fingerprint density at radius 2 is 2.17 bits per heavy atom. The summed E-state index contributed by atoms with van der Waals surface area (Å²) < 4.78 is 10.3. The lowest BCUT2D eigenvalue weighted by Crippen LogP contribution is -2.25. The zero-order valence-electron chi connectivity index (χ0n) is 14.2. The molecule has 0 radical (unpaired) electrons. The minimum atomic E-state index is -0.293. The summed E-state index contributed by atoms with van der Waals surface area (Å²) in [4.78, 5) is 17.7. The Balaban J connectivity index is 1.70. The Hall–Kier alpha value is -2.41. The Morgan fingerprint density at radius 3 is 2.83 bits per heavy atom. The van der Waals surface area contributed by atoms with Gasteiger partial charge in [0, 0.05) is 18.2 Å². The second kappa shape index (κ2) is 7.00. The zero-order chi connectivity index (χ0) is 17.1. The molecule has 0 saturated carbocycles. The van der Waals surface area contributed by atoms with Crippen molar-refractivity contribution in [2.45, 2.75) is 39.3 Å². The number of cyclic esters (lactones) is 1. The molecule has 128 valence electrons. The summed E-state index contributed by atoms with van der Waals surface area (Å²) >= 11 is 0. The van der Waals surface area contributed by atoms with Crippen molar-refractivity contribution in [3.05, 3.63) is 41.5 Å². The molecule has 3 rings (SSSR count). The van der Waals surface area contributed by atoms with Gasteiger partial charge in [-0.15, -0.1) is 0 Å². The fourth-order valence-corrected chi connectivity index (χ4v) is 2.72. The Kier molecular flexibility index (Phi) is 4.80. The van der Waals surface area contributed by atoms with E-state index < -0.39 is 0 Å². The van der Waals surface area contributed by atoms with Gasteiger partial charge < -0.3 is 9.26 Å². The van der Waals surface area contributed by atoms with Crippen molar-refractivity contribution in [2.75, 3.05) is 18.1 Å². The van der Waals surface area contributed by atoms with Crippen LogP contribution in [0.4, 0.5) is 10.5 Å². The number of benzene rings is 1. The summed E-state index contributed by atoms with van der Waals surface area (Å²) in [5.41, 5.74) is 1.93. The summed E-state index contributed by atoms with van der Waals surface area (Å²) in [7, 11) is 0. The van der Waals surface area contributed by atoms with Crippen molar-refractivity contribution in [2.24, 2.45) is 0 Å². The topological polar surface area (TPSA) is 80.5 Å². The van der Waals surface area contributed by atoms with E-state index in [1.54, 1.807) is 4.90 Å². The van der Waals surface area contributed by atoms with Gasteiger partial charge in [0.15, 0.2) is 5.82 Å². The second-order valence-corrected chi connectivity index (χ2v) is 5.87. The van der Waals surface area contributed by atoms with Crippen LogP contribution in [0.2, 0.25) is 0 Å². The minimum Gasteiger partial charge on any atom is -0.447 e. The molecule has 0 bridgehead atoms. The minimum absolute atomic E-state index is 0.0618. The highest BCUT2D eigenvalue weighted by atomic mass is 16.6. The number of amides is 1. The number of carbonyl (C=O) groups excluding carboxylic acids is 1. The molecule has 0 unspecified atom stereocenters. The van der Waals surface area contributed by atoms with Gasteiger partial charge in [0.1, 0.15) is 6.61 Å². The summed E-state index contributed by atoms with van der Waals surface area (Å²) in [6, 6.07) is 7.89. The third-order valence-corrected chi connectivity index (χ3v) is 4.11. The van der Waals surface area contributed by atoms with Gasteiger partial charge in [-0.3, -0.25) is 10.2 Å². The molecule has 2 heterocycles. The van der Waals surface area contributed by atoms with E-state index in [-0.39, 0.29) is 18.2 Å². The monoisotopic (exact) mass is 330 g/mol. The highest BCUT2D eigenvalue weighted by Crippen LogP contribution is 2.24. The van der Waals surface area contributed by atoms with Crippen LogP contribution in [0.25, 0.3) is 0 Å². The molecule has 2 atom stereocenters. The molecule has 2 aromatic rings. The number of nitrogens with one attached hydrogen (secondary N) is 1. The third kappa shape index (κ3) is 3.41. The van der Waals surface area contributed by atoms with Gasteiger partial charge in [0.2, 0.25) is 5.89 Å². The van der Waals surface area contributed by atoms with Gasteiger partial charge in [-0.05, 0) is 31.5 Å². The van der Waals surface area contributed by atoms with Gasteiger partial charge in [-0.2, -0.15) is 4.98 Å². The number of rotatable bonds is 6. The van der Waals surface area contributed by atoms with Crippen LogP contribution in [0, 0.1) is 0 Å². The number of aromatic nitrogens is 2. The van der Waals surface area contributed by atoms with E-state index in [1.807, 2.05) is 38.1 Å². The van der Waals surface area contributed by atoms with Crippen molar-refractivity contribution in [1.82, 2.24) is 15.5 Å². The number of aryl methyl sites for hydroxylation is 1. The van der Waals surface area contributed by atoms with E-state index in [4.69, 9.17) is 9.26 Å². The molecule has 0 aliphatic carbocycles. The highest BCUT2D eigenvalue weighted by molar-refractivity contribution is 5.89. The first-order valence-corrected chi connectivity index (χ1v) is 8.21. The van der Waals surface area contributed by atoms with Gasteiger partial charge >= 0.3 is 6.09 Å². The number of nitrogens with zero attached hydrogens (tertiary/aromatic N) is 3. The Labute approximate surface area is 141 Å². The molecule has 1 N–H and O–H groups in total.